The molecular formula is C27H38O3. The molecule has 0 amide bonds. The largest absolute Gasteiger partial charge is 0.462 e. The van der Waals surface area contributed by atoms with Gasteiger partial charge in [0.25, 0.3) is 0 Å². The van der Waals surface area contributed by atoms with Gasteiger partial charge in [-0.05, 0) is 92.8 Å². The lowest BCUT2D eigenvalue weighted by atomic mass is 9.44. The number of hydrogen-bond donors (Lipinski definition) is 0. The Labute approximate surface area is 181 Å². The Hall–Kier alpha value is -1.38. The first-order chi connectivity index (χ1) is 14.2. The van der Waals surface area contributed by atoms with Crippen LogP contribution in [0.25, 0.3) is 0 Å². The fourth-order valence-electron chi connectivity index (χ4n) is 9.31. The minimum Gasteiger partial charge on any atom is -0.462 e. The summed E-state index contributed by atoms with van der Waals surface area (Å²) >= 11 is 0. The average molecular weight is 411 g/mol. The third-order valence-corrected chi connectivity index (χ3v) is 10.7. The van der Waals surface area contributed by atoms with E-state index in [-0.39, 0.29) is 28.3 Å². The van der Waals surface area contributed by atoms with Gasteiger partial charge in [-0.25, -0.2) is 0 Å². The molecule has 0 spiro atoms. The number of ketones is 1. The van der Waals surface area contributed by atoms with Gasteiger partial charge in [-0.2, -0.15) is 0 Å². The predicted molar refractivity (Wildman–Crippen MR) is 118 cm³/mol. The first kappa shape index (κ1) is 20.5. The second-order valence-corrected chi connectivity index (χ2v) is 11.6. The molecule has 0 unspecified atom stereocenters. The molecule has 3 heteroatoms. The highest BCUT2D eigenvalue weighted by atomic mass is 16.5. The van der Waals surface area contributed by atoms with E-state index in [1.54, 1.807) is 5.57 Å². The van der Waals surface area contributed by atoms with E-state index in [9.17, 15) is 9.59 Å². The number of Topliss-reactive ketones (excluding diaryl/α,β-unsaturated/α-hetero) is 1. The Bertz CT molecular complexity index is 824. The van der Waals surface area contributed by atoms with Crippen molar-refractivity contribution in [3.8, 4) is 0 Å². The van der Waals surface area contributed by atoms with E-state index in [0.29, 0.717) is 29.5 Å². The summed E-state index contributed by atoms with van der Waals surface area (Å²) in [5, 5.41) is 0. The number of esters is 1. The molecule has 30 heavy (non-hydrogen) atoms. The van der Waals surface area contributed by atoms with Crippen molar-refractivity contribution >= 4 is 11.8 Å². The van der Waals surface area contributed by atoms with E-state index in [1.807, 2.05) is 6.92 Å². The van der Waals surface area contributed by atoms with Crippen molar-refractivity contribution in [2.75, 3.05) is 0 Å². The molecule has 3 saturated carbocycles. The van der Waals surface area contributed by atoms with Crippen molar-refractivity contribution in [1.29, 1.82) is 0 Å². The minimum absolute atomic E-state index is 0.0636. The molecule has 0 N–H and O–H groups in total. The Morgan fingerprint density at radius 2 is 1.83 bits per heavy atom. The van der Waals surface area contributed by atoms with Gasteiger partial charge in [0, 0.05) is 18.8 Å². The molecule has 5 aliphatic rings. The van der Waals surface area contributed by atoms with Crippen LogP contribution < -0.4 is 0 Å². The summed E-state index contributed by atoms with van der Waals surface area (Å²) in [5.41, 5.74) is 1.81. The van der Waals surface area contributed by atoms with Gasteiger partial charge in [0.1, 0.15) is 11.9 Å². The van der Waals surface area contributed by atoms with Crippen LogP contribution in [0, 0.1) is 39.9 Å². The van der Waals surface area contributed by atoms with E-state index < -0.39 is 0 Å². The van der Waals surface area contributed by atoms with Gasteiger partial charge in [-0.15, -0.1) is 0 Å². The zero-order valence-electron chi connectivity index (χ0n) is 19.2. The average Bonchev–Trinajstić information content (AvgIpc) is 2.98. The highest BCUT2D eigenvalue weighted by Gasteiger charge is 2.68. The smallest absolute Gasteiger partial charge is 0.302 e. The predicted octanol–water partition coefficient (Wildman–Crippen LogP) is 6.03. The molecule has 0 bridgehead atoms. The molecule has 8 atom stereocenters. The minimum atomic E-state index is -0.150. The summed E-state index contributed by atoms with van der Waals surface area (Å²) in [6.45, 7) is 8.38. The Balaban J connectivity index is 1.47. The third-order valence-electron chi connectivity index (χ3n) is 10.7. The lowest BCUT2D eigenvalue weighted by Crippen LogP contribution is -2.55. The molecular weight excluding hydrogens is 372 g/mol. The summed E-state index contributed by atoms with van der Waals surface area (Å²) in [5.74, 6) is 2.90. The van der Waals surface area contributed by atoms with Crippen LogP contribution in [0.3, 0.4) is 0 Å². The molecule has 0 aliphatic heterocycles. The highest BCUT2D eigenvalue weighted by molar-refractivity contribution is 5.85. The van der Waals surface area contributed by atoms with Crippen molar-refractivity contribution in [1.82, 2.24) is 0 Å². The van der Waals surface area contributed by atoms with Crippen LogP contribution in [-0.4, -0.2) is 17.9 Å². The number of allylic oxidation sites excluding steroid dienone is 3. The molecule has 164 valence electrons. The Morgan fingerprint density at radius 3 is 2.57 bits per heavy atom. The maximum absolute atomic E-state index is 13.2. The Kier molecular flexibility index (Phi) is 4.66. The second kappa shape index (κ2) is 6.81. The van der Waals surface area contributed by atoms with Crippen LogP contribution in [0.1, 0.15) is 85.5 Å². The molecule has 3 fully saturated rings. The van der Waals surface area contributed by atoms with Crippen LogP contribution in [-0.2, 0) is 14.3 Å². The summed E-state index contributed by atoms with van der Waals surface area (Å²) in [7, 11) is 0. The summed E-state index contributed by atoms with van der Waals surface area (Å²) < 4.78 is 5.59. The maximum atomic E-state index is 13.2. The summed E-state index contributed by atoms with van der Waals surface area (Å²) in [6.07, 6.45) is 17.1. The zero-order chi connectivity index (χ0) is 21.3. The highest BCUT2D eigenvalue weighted by Crippen LogP contribution is 2.73. The Morgan fingerprint density at radius 1 is 1.03 bits per heavy atom. The standard InChI is InChI=1S/C27H38O3/c1-17(28)27-12-6-5-7-20(27)16-24-22-9-8-19-15-21(30-18(2)29)10-13-25(19,3)23(22)11-14-26(24,27)4/h5-6,8,20-24H,7,9-16H2,1-4H3/t20-,21-,22-,23+,24+,25-,26+,27-/m0/s1. The monoisotopic (exact) mass is 410 g/mol. The van der Waals surface area contributed by atoms with Crippen LogP contribution in [0.4, 0.5) is 0 Å². The molecule has 3 nitrogen and oxygen atoms in total. The van der Waals surface area contributed by atoms with Crippen molar-refractivity contribution in [2.24, 2.45) is 39.9 Å². The molecule has 0 saturated heterocycles. The van der Waals surface area contributed by atoms with Crippen LogP contribution in [0.2, 0.25) is 0 Å². The van der Waals surface area contributed by atoms with Gasteiger partial charge in [-0.1, -0.05) is 37.6 Å². The molecule has 5 aliphatic carbocycles. The summed E-state index contributed by atoms with van der Waals surface area (Å²) in [6, 6.07) is 0. The van der Waals surface area contributed by atoms with E-state index >= 15 is 0 Å². The number of fused-ring (bicyclic) bond motifs is 7. The fraction of sp³-hybridized carbons (Fsp3) is 0.778. The van der Waals surface area contributed by atoms with E-state index in [0.717, 1.165) is 38.5 Å². The normalized spacial score (nSPS) is 49.2. The third kappa shape index (κ3) is 2.56. The van der Waals surface area contributed by atoms with Crippen molar-refractivity contribution in [3.63, 3.8) is 0 Å². The molecule has 0 heterocycles. The molecule has 0 radical (unpaired) electrons. The van der Waals surface area contributed by atoms with Crippen LogP contribution in [0.5, 0.6) is 0 Å². The second-order valence-electron chi connectivity index (χ2n) is 11.6. The number of carbonyl (C=O) groups is 2. The van der Waals surface area contributed by atoms with Crippen LogP contribution >= 0.6 is 0 Å². The lowest BCUT2D eigenvalue weighted by molar-refractivity contribution is -0.150. The van der Waals surface area contributed by atoms with E-state index in [1.165, 1.54) is 26.2 Å². The van der Waals surface area contributed by atoms with E-state index in [4.69, 9.17) is 4.74 Å². The van der Waals surface area contributed by atoms with Gasteiger partial charge in [0.2, 0.25) is 0 Å². The molecule has 5 rings (SSSR count). The van der Waals surface area contributed by atoms with Gasteiger partial charge < -0.3 is 4.74 Å². The first-order valence-corrected chi connectivity index (χ1v) is 12.2. The van der Waals surface area contributed by atoms with Crippen LogP contribution in [0.15, 0.2) is 23.8 Å². The van der Waals surface area contributed by atoms with E-state index in [2.05, 4.69) is 32.1 Å². The molecule has 0 aromatic rings. The first-order valence-electron chi connectivity index (χ1n) is 12.2. The number of ether oxygens (including phenoxy) is 1. The van der Waals surface area contributed by atoms with Gasteiger partial charge in [-0.3, -0.25) is 9.59 Å². The van der Waals surface area contributed by atoms with Crippen molar-refractivity contribution in [3.05, 3.63) is 23.8 Å². The number of carbonyl (C=O) groups excluding carboxylic acids is 2. The summed E-state index contributed by atoms with van der Waals surface area (Å²) in [4.78, 5) is 24.6. The molecule has 0 aromatic heterocycles. The SMILES string of the molecule is CC(=O)O[C@H]1CC[C@@]2(C)C(=CC[C@H]3[C@H]2CC[C@]2(C)[C@@H]3C[C@@H]3CC=CC[C@]32C(C)=O)C1. The van der Waals surface area contributed by atoms with Gasteiger partial charge in [0.05, 0.1) is 0 Å². The van der Waals surface area contributed by atoms with Crippen molar-refractivity contribution in [2.45, 2.75) is 91.6 Å². The fourth-order valence-corrected chi connectivity index (χ4v) is 9.31. The maximum Gasteiger partial charge on any atom is 0.302 e. The number of hydrogen-bond acceptors (Lipinski definition) is 3. The zero-order valence-corrected chi connectivity index (χ0v) is 19.2. The van der Waals surface area contributed by atoms with Gasteiger partial charge in [0.15, 0.2) is 0 Å². The number of rotatable bonds is 2. The topological polar surface area (TPSA) is 43.4 Å². The molecule has 0 aromatic carbocycles. The quantitative estimate of drug-likeness (QED) is 0.412. The van der Waals surface area contributed by atoms with Crippen molar-refractivity contribution < 1.29 is 14.3 Å². The van der Waals surface area contributed by atoms with Gasteiger partial charge >= 0.3 is 5.97 Å². The lowest BCUT2D eigenvalue weighted by Gasteiger charge is -2.60.